The monoisotopic (exact) mass is 245 g/mol. The summed E-state index contributed by atoms with van der Waals surface area (Å²) in [4.78, 5) is 17.1. The van der Waals surface area contributed by atoms with Gasteiger partial charge in [0.1, 0.15) is 17.7 Å². The summed E-state index contributed by atoms with van der Waals surface area (Å²) in [6.07, 6.45) is 6.34. The van der Waals surface area contributed by atoms with Crippen LogP contribution in [0.4, 0.5) is 5.82 Å². The van der Waals surface area contributed by atoms with Crippen molar-refractivity contribution < 1.29 is 0 Å². The van der Waals surface area contributed by atoms with E-state index in [-0.39, 0.29) is 0 Å². The molecule has 0 amide bonds. The van der Waals surface area contributed by atoms with Gasteiger partial charge >= 0.3 is 0 Å². The first kappa shape index (κ1) is 10.6. The van der Waals surface area contributed by atoms with Crippen LogP contribution in [-0.4, -0.2) is 34.7 Å². The summed E-state index contributed by atoms with van der Waals surface area (Å²) in [5, 5.41) is 0. The number of rotatable bonds is 1. The van der Waals surface area contributed by atoms with Gasteiger partial charge in [-0.2, -0.15) is 0 Å². The van der Waals surface area contributed by atoms with Crippen molar-refractivity contribution in [3.8, 4) is 0 Å². The molecule has 0 aromatic carbocycles. The van der Waals surface area contributed by atoms with Crippen molar-refractivity contribution in [3.05, 3.63) is 18.7 Å². The highest BCUT2D eigenvalue weighted by Crippen LogP contribution is 2.30. The molecule has 1 fully saturated rings. The highest BCUT2D eigenvalue weighted by Gasteiger charge is 2.35. The molecule has 0 radical (unpaired) electrons. The van der Waals surface area contributed by atoms with Crippen molar-refractivity contribution in [2.75, 3.05) is 11.1 Å². The summed E-state index contributed by atoms with van der Waals surface area (Å²) in [6, 6.07) is 1.33. The van der Waals surface area contributed by atoms with Crippen molar-refractivity contribution in [2.45, 2.75) is 25.6 Å². The summed E-state index contributed by atoms with van der Waals surface area (Å²) in [7, 11) is -1.31. The molecular formula is C11H15N5Si. The molecule has 6 heteroatoms. The zero-order valence-electron chi connectivity index (χ0n) is 10.1. The van der Waals surface area contributed by atoms with Gasteiger partial charge in [-0.3, -0.25) is 0 Å². The number of hydrogen-bond acceptors (Lipinski definition) is 5. The van der Waals surface area contributed by atoms with Gasteiger partial charge < -0.3 is 4.57 Å². The lowest BCUT2D eigenvalue weighted by Crippen LogP contribution is -2.43. The molecule has 0 bridgehead atoms. The van der Waals surface area contributed by atoms with E-state index in [0.717, 1.165) is 17.9 Å². The van der Waals surface area contributed by atoms with Gasteiger partial charge in [-0.25, -0.2) is 19.9 Å². The highest BCUT2D eigenvalue weighted by atomic mass is 28.3. The number of aromatic nitrogens is 4. The normalized spacial score (nSPS) is 18.8. The lowest BCUT2D eigenvalue weighted by molar-refractivity contribution is 0.962. The summed E-state index contributed by atoms with van der Waals surface area (Å²) in [5.74, 6) is 0.977. The second-order valence-corrected chi connectivity index (χ2v) is 9.69. The molecule has 1 saturated heterocycles. The lowest BCUT2D eigenvalue weighted by atomic mass is 10.4. The van der Waals surface area contributed by atoms with Crippen molar-refractivity contribution in [1.29, 1.82) is 0 Å². The molecule has 0 atom stereocenters. The lowest BCUT2D eigenvalue weighted by Gasteiger charge is -2.30. The van der Waals surface area contributed by atoms with E-state index >= 15 is 0 Å². The molecule has 88 valence electrons. The number of hydrogen-bond donors (Lipinski definition) is 0. The molecule has 3 rings (SSSR count). The SMILES string of the molecule is C[Si]1(C)CCCN1c1cnc2cncnc2n1. The Kier molecular flexibility index (Phi) is 2.32. The summed E-state index contributed by atoms with van der Waals surface area (Å²) in [6.45, 7) is 5.86. The largest absolute Gasteiger partial charge is 0.382 e. The van der Waals surface area contributed by atoms with E-state index in [0.29, 0.717) is 5.65 Å². The average Bonchev–Trinajstić information content (AvgIpc) is 2.68. The molecule has 5 nitrogen and oxygen atoms in total. The minimum atomic E-state index is -1.31. The van der Waals surface area contributed by atoms with E-state index in [9.17, 15) is 0 Å². The number of anilines is 1. The van der Waals surface area contributed by atoms with Gasteiger partial charge in [-0.05, 0) is 12.5 Å². The van der Waals surface area contributed by atoms with Gasteiger partial charge in [0.2, 0.25) is 0 Å². The van der Waals surface area contributed by atoms with Crippen LogP contribution in [0.1, 0.15) is 6.42 Å². The van der Waals surface area contributed by atoms with Crippen LogP contribution >= 0.6 is 0 Å². The van der Waals surface area contributed by atoms with E-state index in [2.05, 4.69) is 37.6 Å². The minimum Gasteiger partial charge on any atom is -0.382 e. The Bertz CT molecular complexity index is 556. The molecule has 17 heavy (non-hydrogen) atoms. The summed E-state index contributed by atoms with van der Waals surface area (Å²) >= 11 is 0. The summed E-state index contributed by atoms with van der Waals surface area (Å²) in [5.41, 5.74) is 1.45. The predicted molar refractivity (Wildman–Crippen MR) is 69.4 cm³/mol. The van der Waals surface area contributed by atoms with E-state index in [4.69, 9.17) is 0 Å². The maximum absolute atomic E-state index is 4.60. The van der Waals surface area contributed by atoms with Crippen LogP contribution < -0.4 is 4.57 Å². The van der Waals surface area contributed by atoms with Crippen LogP contribution in [0.15, 0.2) is 18.7 Å². The molecule has 0 saturated carbocycles. The molecule has 3 heterocycles. The first-order chi connectivity index (χ1) is 8.17. The van der Waals surface area contributed by atoms with Gasteiger partial charge in [0, 0.05) is 6.54 Å². The molecule has 0 N–H and O–H groups in total. The van der Waals surface area contributed by atoms with E-state index in [1.54, 1.807) is 6.20 Å². The second-order valence-electron chi connectivity index (χ2n) is 5.03. The van der Waals surface area contributed by atoms with Gasteiger partial charge in [0.05, 0.1) is 12.4 Å². The highest BCUT2D eigenvalue weighted by molar-refractivity contribution is 6.81. The fraction of sp³-hybridized carbons (Fsp3) is 0.455. The van der Waals surface area contributed by atoms with Crippen LogP contribution in [0.25, 0.3) is 11.2 Å². The topological polar surface area (TPSA) is 54.8 Å². The Morgan fingerprint density at radius 3 is 2.88 bits per heavy atom. The third-order valence-corrected chi connectivity index (χ3v) is 6.88. The zero-order valence-corrected chi connectivity index (χ0v) is 11.1. The van der Waals surface area contributed by atoms with Crippen molar-refractivity contribution in [3.63, 3.8) is 0 Å². The molecule has 0 spiro atoms. The van der Waals surface area contributed by atoms with Gasteiger partial charge in [-0.1, -0.05) is 13.1 Å². The Morgan fingerprint density at radius 1 is 1.24 bits per heavy atom. The Morgan fingerprint density at radius 2 is 2.12 bits per heavy atom. The molecule has 2 aromatic heterocycles. The minimum absolute atomic E-state index is 0.689. The van der Waals surface area contributed by atoms with E-state index < -0.39 is 8.24 Å². The third kappa shape index (κ3) is 1.78. The van der Waals surface area contributed by atoms with Crippen LogP contribution in [0.5, 0.6) is 0 Å². The Labute approximate surface area is 101 Å². The second kappa shape index (κ2) is 3.73. The van der Waals surface area contributed by atoms with Gasteiger partial charge in [-0.15, -0.1) is 0 Å². The Hall–Kier alpha value is -1.56. The molecule has 1 aliphatic rings. The molecule has 2 aromatic rings. The van der Waals surface area contributed by atoms with Crippen LogP contribution in [0, 0.1) is 0 Å². The molecule has 0 unspecified atom stereocenters. The average molecular weight is 245 g/mol. The van der Waals surface area contributed by atoms with Crippen molar-refractivity contribution in [1.82, 2.24) is 19.9 Å². The van der Waals surface area contributed by atoms with Crippen molar-refractivity contribution >= 4 is 25.2 Å². The predicted octanol–water partition coefficient (Wildman–Crippen LogP) is 1.83. The van der Waals surface area contributed by atoms with Gasteiger partial charge in [0.25, 0.3) is 0 Å². The Balaban J connectivity index is 2.06. The third-order valence-electron chi connectivity index (χ3n) is 3.39. The zero-order chi connectivity index (χ0) is 11.9. The quantitative estimate of drug-likeness (QED) is 0.717. The molecule has 1 aliphatic heterocycles. The number of nitrogens with zero attached hydrogens (tertiary/aromatic N) is 5. The van der Waals surface area contributed by atoms with E-state index in [1.807, 2.05) is 6.20 Å². The summed E-state index contributed by atoms with van der Waals surface area (Å²) < 4.78 is 2.45. The van der Waals surface area contributed by atoms with Crippen LogP contribution in [0.2, 0.25) is 19.1 Å². The van der Waals surface area contributed by atoms with Crippen molar-refractivity contribution in [2.24, 2.45) is 0 Å². The van der Waals surface area contributed by atoms with Gasteiger partial charge in [0.15, 0.2) is 13.9 Å². The van der Waals surface area contributed by atoms with E-state index in [1.165, 1.54) is 18.8 Å². The first-order valence-electron chi connectivity index (χ1n) is 5.87. The molecule has 0 aliphatic carbocycles. The standard InChI is InChI=1S/C11H15N5Si/c1-17(2)5-3-4-16(17)10-7-13-9-6-12-8-14-11(9)15-10/h6-8H,3-5H2,1-2H3. The van der Waals surface area contributed by atoms with Crippen LogP contribution in [0.3, 0.4) is 0 Å². The molecular weight excluding hydrogens is 230 g/mol. The first-order valence-corrected chi connectivity index (χ1v) is 9.03. The maximum atomic E-state index is 4.60. The smallest absolute Gasteiger partial charge is 0.183 e. The fourth-order valence-corrected chi connectivity index (χ4v) is 5.20. The maximum Gasteiger partial charge on any atom is 0.183 e. The van der Waals surface area contributed by atoms with Crippen LogP contribution in [-0.2, 0) is 0 Å². The fourth-order valence-electron chi connectivity index (χ4n) is 2.42. The number of fused-ring (bicyclic) bond motifs is 1.